The van der Waals surface area contributed by atoms with E-state index < -0.39 is 9.84 Å². The molecule has 162 valence electrons. The molecule has 31 heavy (non-hydrogen) atoms. The molecule has 5 rings (SSSR count). The quantitative estimate of drug-likeness (QED) is 0.729. The number of sulfone groups is 1. The van der Waals surface area contributed by atoms with Gasteiger partial charge >= 0.3 is 0 Å². The molecule has 9 nitrogen and oxygen atoms in total. The number of hydrogen-bond donors (Lipinski definition) is 1. The van der Waals surface area contributed by atoms with Gasteiger partial charge in [0.2, 0.25) is 5.95 Å². The summed E-state index contributed by atoms with van der Waals surface area (Å²) in [5.41, 5.74) is 1.39. The first-order valence-electron chi connectivity index (χ1n) is 10.1. The Kier molecular flexibility index (Phi) is 5.30. The molecule has 0 bridgehead atoms. The minimum atomic E-state index is -2.97. The molecule has 11 heteroatoms. The molecule has 2 saturated heterocycles. The average molecular weight is 459 g/mol. The third kappa shape index (κ3) is 4.38. The van der Waals surface area contributed by atoms with Crippen LogP contribution in [0, 0.1) is 0 Å². The van der Waals surface area contributed by atoms with E-state index in [1.807, 2.05) is 29.2 Å². The van der Waals surface area contributed by atoms with Crippen LogP contribution in [0.5, 0.6) is 0 Å². The van der Waals surface area contributed by atoms with Crippen molar-refractivity contribution >= 4 is 44.3 Å². The minimum Gasteiger partial charge on any atom is -0.337 e. The Labute approximate surface area is 184 Å². The van der Waals surface area contributed by atoms with Gasteiger partial charge in [-0.25, -0.2) is 18.4 Å². The summed E-state index contributed by atoms with van der Waals surface area (Å²) in [5.74, 6) is 0.971. The summed E-state index contributed by atoms with van der Waals surface area (Å²) in [6.45, 7) is 2.59. The molecule has 3 aliphatic rings. The first-order valence-corrected chi connectivity index (χ1v) is 12.8. The molecule has 1 N–H and O–H groups in total. The fourth-order valence-corrected chi connectivity index (χ4v) is 7.69. The van der Waals surface area contributed by atoms with Crippen LogP contribution < -0.4 is 10.2 Å². The highest BCUT2D eigenvalue weighted by Crippen LogP contribution is 2.34. The maximum atomic E-state index is 13.0. The second-order valence-electron chi connectivity index (χ2n) is 7.77. The lowest BCUT2D eigenvalue weighted by Crippen LogP contribution is -2.49. The molecular weight excluding hydrogens is 436 g/mol. The lowest BCUT2D eigenvalue weighted by atomic mass is 10.1. The van der Waals surface area contributed by atoms with Crippen LogP contribution in [0.2, 0.25) is 0 Å². The predicted molar refractivity (Wildman–Crippen MR) is 121 cm³/mol. The summed E-state index contributed by atoms with van der Waals surface area (Å²) in [5, 5.41) is 3.95. The summed E-state index contributed by atoms with van der Waals surface area (Å²) < 4.78 is 23.4. The Morgan fingerprint density at radius 1 is 1.06 bits per heavy atom. The van der Waals surface area contributed by atoms with Gasteiger partial charge in [0.25, 0.3) is 5.91 Å². The highest BCUT2D eigenvalue weighted by atomic mass is 32.2. The van der Waals surface area contributed by atoms with E-state index in [0.717, 1.165) is 5.69 Å². The van der Waals surface area contributed by atoms with Crippen LogP contribution in [-0.4, -0.2) is 83.3 Å². The number of anilines is 2. The zero-order valence-electron chi connectivity index (χ0n) is 16.7. The number of carbonyl (C=O) groups is 1. The van der Waals surface area contributed by atoms with Crippen LogP contribution >= 0.6 is 11.8 Å². The molecule has 1 aromatic heterocycles. The topological polar surface area (TPSA) is 108 Å². The SMILES string of the molecule is O=C(c1cccc(NC2=N[C@@H]3CS(=O)(=O)C[C@@H]3S2)c1)N1CCN(c2ncccn2)CC1. The van der Waals surface area contributed by atoms with Gasteiger partial charge in [-0.3, -0.25) is 9.79 Å². The smallest absolute Gasteiger partial charge is 0.254 e. The predicted octanol–water partition coefficient (Wildman–Crippen LogP) is 1.12. The van der Waals surface area contributed by atoms with Gasteiger partial charge in [0.15, 0.2) is 15.0 Å². The van der Waals surface area contributed by atoms with Gasteiger partial charge in [-0.15, -0.1) is 0 Å². The Bertz CT molecular complexity index is 1120. The van der Waals surface area contributed by atoms with Crippen molar-refractivity contribution in [3.05, 3.63) is 48.3 Å². The molecule has 0 unspecified atom stereocenters. The zero-order valence-corrected chi connectivity index (χ0v) is 18.3. The number of hydrogen-bond acceptors (Lipinski definition) is 9. The number of amides is 1. The van der Waals surface area contributed by atoms with Crippen molar-refractivity contribution in [3.8, 4) is 0 Å². The summed E-state index contributed by atoms with van der Waals surface area (Å²) in [4.78, 5) is 30.0. The third-order valence-corrected chi connectivity index (χ3v) is 8.72. The second-order valence-corrected chi connectivity index (χ2v) is 11.2. The first-order chi connectivity index (χ1) is 15.0. The monoisotopic (exact) mass is 458 g/mol. The summed E-state index contributed by atoms with van der Waals surface area (Å²) in [6, 6.07) is 8.97. The molecule has 0 saturated carbocycles. The van der Waals surface area contributed by atoms with Gasteiger partial charge in [0.1, 0.15) is 0 Å². The van der Waals surface area contributed by atoms with Crippen molar-refractivity contribution < 1.29 is 13.2 Å². The Morgan fingerprint density at radius 3 is 2.58 bits per heavy atom. The average Bonchev–Trinajstić information content (AvgIpc) is 3.26. The summed E-state index contributed by atoms with van der Waals surface area (Å²) in [7, 11) is -2.97. The molecule has 2 fully saturated rings. The van der Waals surface area contributed by atoms with Crippen molar-refractivity contribution in [1.29, 1.82) is 0 Å². The van der Waals surface area contributed by atoms with E-state index in [4.69, 9.17) is 0 Å². The van der Waals surface area contributed by atoms with Crippen LogP contribution in [0.25, 0.3) is 0 Å². The number of carbonyl (C=O) groups excluding carboxylic acids is 1. The number of rotatable bonds is 3. The number of fused-ring (bicyclic) bond motifs is 1. The standard InChI is InChI=1S/C20H22N6O3S2/c27-18(25-7-9-26(10-8-25)19-21-5-2-6-22-19)14-3-1-4-15(11-14)23-20-24-16-12-31(28,29)13-17(16)30-20/h1-6,11,16-17H,7-10,12-13H2,(H,23,24)/t16-,17+/m1/s1. The minimum absolute atomic E-state index is 0.0118. The number of benzene rings is 1. The van der Waals surface area contributed by atoms with Gasteiger partial charge in [0.05, 0.1) is 17.5 Å². The number of thioether (sulfide) groups is 1. The van der Waals surface area contributed by atoms with E-state index in [1.54, 1.807) is 18.5 Å². The fourth-order valence-electron chi connectivity index (χ4n) is 4.02. The van der Waals surface area contributed by atoms with E-state index in [-0.39, 0.29) is 28.7 Å². The lowest BCUT2D eigenvalue weighted by molar-refractivity contribution is 0.0746. The van der Waals surface area contributed by atoms with Crippen LogP contribution in [-0.2, 0) is 9.84 Å². The van der Waals surface area contributed by atoms with E-state index in [2.05, 4.69) is 25.2 Å². The Morgan fingerprint density at radius 2 is 1.84 bits per heavy atom. The maximum absolute atomic E-state index is 13.0. The van der Waals surface area contributed by atoms with E-state index in [1.165, 1.54) is 11.8 Å². The molecule has 2 atom stereocenters. The van der Waals surface area contributed by atoms with E-state index in [9.17, 15) is 13.2 Å². The molecule has 0 spiro atoms. The maximum Gasteiger partial charge on any atom is 0.254 e. The highest BCUT2D eigenvalue weighted by Gasteiger charge is 2.42. The molecule has 0 aliphatic carbocycles. The molecular formula is C20H22N6O3S2. The molecule has 2 aromatic rings. The molecule has 1 aromatic carbocycles. The number of nitrogens with one attached hydrogen (secondary N) is 1. The van der Waals surface area contributed by atoms with Crippen LogP contribution in [0.15, 0.2) is 47.7 Å². The third-order valence-electron chi connectivity index (χ3n) is 5.58. The van der Waals surface area contributed by atoms with Crippen LogP contribution in [0.3, 0.4) is 0 Å². The number of piperazine rings is 1. The van der Waals surface area contributed by atoms with Crippen molar-refractivity contribution in [2.24, 2.45) is 4.99 Å². The normalized spacial score (nSPS) is 24.6. The second kappa shape index (κ2) is 8.12. The molecule has 0 radical (unpaired) electrons. The number of aliphatic imine (C=N–C) groups is 1. The van der Waals surface area contributed by atoms with Gasteiger partial charge in [-0.2, -0.15) is 0 Å². The summed E-state index contributed by atoms with van der Waals surface area (Å²) >= 11 is 1.47. The number of aromatic nitrogens is 2. The highest BCUT2D eigenvalue weighted by molar-refractivity contribution is 8.15. The molecule has 1 amide bonds. The summed E-state index contributed by atoms with van der Waals surface area (Å²) in [6.07, 6.45) is 3.44. The van der Waals surface area contributed by atoms with E-state index in [0.29, 0.717) is 42.9 Å². The molecule has 4 heterocycles. The molecule has 3 aliphatic heterocycles. The largest absolute Gasteiger partial charge is 0.337 e. The van der Waals surface area contributed by atoms with Gasteiger partial charge in [0, 0.05) is 55.1 Å². The van der Waals surface area contributed by atoms with Crippen molar-refractivity contribution in [1.82, 2.24) is 14.9 Å². The van der Waals surface area contributed by atoms with E-state index >= 15 is 0 Å². The fraction of sp³-hybridized carbons (Fsp3) is 0.400. The Balaban J connectivity index is 1.21. The van der Waals surface area contributed by atoms with Crippen molar-refractivity contribution in [2.75, 3.05) is 47.9 Å². The number of amidine groups is 1. The lowest BCUT2D eigenvalue weighted by Gasteiger charge is -2.34. The van der Waals surface area contributed by atoms with Crippen molar-refractivity contribution in [3.63, 3.8) is 0 Å². The van der Waals surface area contributed by atoms with Crippen LogP contribution in [0.1, 0.15) is 10.4 Å². The van der Waals surface area contributed by atoms with Gasteiger partial charge < -0.3 is 15.1 Å². The Hall–Kier alpha value is -2.66. The van der Waals surface area contributed by atoms with Gasteiger partial charge in [-0.1, -0.05) is 17.8 Å². The first kappa shape index (κ1) is 20.3. The van der Waals surface area contributed by atoms with Crippen molar-refractivity contribution in [2.45, 2.75) is 11.3 Å². The zero-order chi connectivity index (χ0) is 21.4. The van der Waals surface area contributed by atoms with Crippen LogP contribution in [0.4, 0.5) is 11.6 Å². The van der Waals surface area contributed by atoms with Gasteiger partial charge in [-0.05, 0) is 24.3 Å². The number of nitrogens with zero attached hydrogens (tertiary/aromatic N) is 5.